The van der Waals surface area contributed by atoms with Gasteiger partial charge in [-0.2, -0.15) is 0 Å². The van der Waals surface area contributed by atoms with Crippen LogP contribution >= 0.6 is 0 Å². The smallest absolute Gasteiger partial charge is 0.227 e. The highest BCUT2D eigenvalue weighted by molar-refractivity contribution is 7.88. The van der Waals surface area contributed by atoms with Gasteiger partial charge < -0.3 is 5.32 Å². The normalized spacial score (nSPS) is 21.1. The first-order valence-electron chi connectivity index (χ1n) is 6.78. The Morgan fingerprint density at radius 2 is 1.90 bits per heavy atom. The van der Waals surface area contributed by atoms with E-state index >= 15 is 0 Å². The van der Waals surface area contributed by atoms with Gasteiger partial charge in [0, 0.05) is 24.7 Å². The van der Waals surface area contributed by atoms with E-state index in [1.807, 2.05) is 30.3 Å². The molecule has 0 spiro atoms. The van der Waals surface area contributed by atoms with Crippen LogP contribution in [0.25, 0.3) is 0 Å². The fourth-order valence-electron chi connectivity index (χ4n) is 2.43. The average molecular weight is 296 g/mol. The minimum Gasteiger partial charge on any atom is -0.326 e. The maximum Gasteiger partial charge on any atom is 0.227 e. The summed E-state index contributed by atoms with van der Waals surface area (Å²) in [6.45, 7) is 0.930. The number of benzene rings is 1. The Kier molecular flexibility index (Phi) is 4.77. The van der Waals surface area contributed by atoms with E-state index in [4.69, 9.17) is 0 Å². The van der Waals surface area contributed by atoms with Crippen molar-refractivity contribution in [2.45, 2.75) is 19.3 Å². The summed E-state index contributed by atoms with van der Waals surface area (Å²) >= 11 is 0. The maximum atomic E-state index is 12.2. The molecule has 0 radical (unpaired) electrons. The van der Waals surface area contributed by atoms with Crippen molar-refractivity contribution in [3.8, 4) is 0 Å². The molecule has 1 aromatic rings. The van der Waals surface area contributed by atoms with Gasteiger partial charge in [0.2, 0.25) is 15.9 Å². The Morgan fingerprint density at radius 3 is 2.55 bits per heavy atom. The summed E-state index contributed by atoms with van der Waals surface area (Å²) in [7, 11) is -3.16. The Bertz CT molecular complexity index is 557. The van der Waals surface area contributed by atoms with E-state index in [9.17, 15) is 13.2 Å². The fraction of sp³-hybridized carbons (Fsp3) is 0.500. The van der Waals surface area contributed by atoms with Crippen LogP contribution < -0.4 is 5.32 Å². The third-order valence-electron chi connectivity index (χ3n) is 3.57. The highest BCUT2D eigenvalue weighted by Crippen LogP contribution is 2.21. The molecule has 1 saturated heterocycles. The van der Waals surface area contributed by atoms with Crippen LogP contribution in [0.15, 0.2) is 30.3 Å². The molecule has 6 heteroatoms. The highest BCUT2D eigenvalue weighted by Gasteiger charge is 2.26. The average Bonchev–Trinajstić information content (AvgIpc) is 2.65. The molecule has 2 rings (SSSR count). The first kappa shape index (κ1) is 15.0. The summed E-state index contributed by atoms with van der Waals surface area (Å²) in [6.07, 6.45) is 3.24. The quantitative estimate of drug-likeness (QED) is 0.923. The predicted molar refractivity (Wildman–Crippen MR) is 78.8 cm³/mol. The van der Waals surface area contributed by atoms with E-state index in [0.717, 1.165) is 18.5 Å². The maximum absolute atomic E-state index is 12.2. The number of rotatable bonds is 3. The zero-order valence-electron chi connectivity index (χ0n) is 11.6. The van der Waals surface area contributed by atoms with Crippen LogP contribution in [0.1, 0.15) is 19.3 Å². The van der Waals surface area contributed by atoms with E-state index in [0.29, 0.717) is 19.5 Å². The molecule has 0 bridgehead atoms. The van der Waals surface area contributed by atoms with Crippen LogP contribution in [0.4, 0.5) is 5.69 Å². The molecule has 1 heterocycles. The van der Waals surface area contributed by atoms with Gasteiger partial charge in [-0.1, -0.05) is 18.2 Å². The zero-order valence-corrected chi connectivity index (χ0v) is 12.4. The third kappa shape index (κ3) is 4.05. The SMILES string of the molecule is CS(=O)(=O)N1CCCC(C(=O)Nc2ccccc2)CC1. The van der Waals surface area contributed by atoms with Crippen LogP contribution in [-0.2, 0) is 14.8 Å². The molecule has 1 atom stereocenters. The lowest BCUT2D eigenvalue weighted by Gasteiger charge is -2.17. The second-order valence-corrected chi connectivity index (χ2v) is 7.13. The largest absolute Gasteiger partial charge is 0.326 e. The number of amides is 1. The number of carbonyl (C=O) groups is 1. The van der Waals surface area contributed by atoms with E-state index in [1.54, 1.807) is 0 Å². The lowest BCUT2D eigenvalue weighted by molar-refractivity contribution is -0.120. The van der Waals surface area contributed by atoms with Gasteiger partial charge in [0.05, 0.1) is 6.26 Å². The third-order valence-corrected chi connectivity index (χ3v) is 4.87. The van der Waals surface area contributed by atoms with Crippen molar-refractivity contribution in [1.29, 1.82) is 0 Å². The minimum absolute atomic E-state index is 0.0217. The molecule has 1 amide bonds. The molecular weight excluding hydrogens is 276 g/mol. The van der Waals surface area contributed by atoms with Crippen LogP contribution in [0.3, 0.4) is 0 Å². The van der Waals surface area contributed by atoms with Crippen LogP contribution in [-0.4, -0.2) is 38.0 Å². The van der Waals surface area contributed by atoms with Gasteiger partial charge in [-0.05, 0) is 31.4 Å². The highest BCUT2D eigenvalue weighted by atomic mass is 32.2. The molecule has 1 fully saturated rings. The molecule has 1 N–H and O–H groups in total. The number of carbonyl (C=O) groups excluding carboxylic acids is 1. The number of nitrogens with zero attached hydrogens (tertiary/aromatic N) is 1. The molecular formula is C14H20N2O3S. The summed E-state index contributed by atoms with van der Waals surface area (Å²) in [4.78, 5) is 12.2. The summed E-state index contributed by atoms with van der Waals surface area (Å²) in [5.74, 6) is -0.145. The van der Waals surface area contributed by atoms with E-state index in [1.165, 1.54) is 10.6 Å². The second kappa shape index (κ2) is 6.37. The van der Waals surface area contributed by atoms with Crippen LogP contribution in [0.5, 0.6) is 0 Å². The van der Waals surface area contributed by atoms with Crippen molar-refractivity contribution in [3.63, 3.8) is 0 Å². The van der Waals surface area contributed by atoms with Gasteiger partial charge in [0.25, 0.3) is 0 Å². The van der Waals surface area contributed by atoms with Gasteiger partial charge in [-0.25, -0.2) is 12.7 Å². The van der Waals surface area contributed by atoms with Crippen molar-refractivity contribution in [1.82, 2.24) is 4.31 Å². The second-order valence-electron chi connectivity index (χ2n) is 5.15. The molecule has 5 nitrogen and oxygen atoms in total. The van der Waals surface area contributed by atoms with Crippen molar-refractivity contribution in [2.75, 3.05) is 24.7 Å². The number of hydrogen-bond donors (Lipinski definition) is 1. The molecule has 0 aliphatic carbocycles. The first-order chi connectivity index (χ1) is 9.47. The fourth-order valence-corrected chi connectivity index (χ4v) is 3.33. The van der Waals surface area contributed by atoms with E-state index in [-0.39, 0.29) is 11.8 Å². The van der Waals surface area contributed by atoms with Gasteiger partial charge in [-0.15, -0.1) is 0 Å². The lowest BCUT2D eigenvalue weighted by Crippen LogP contribution is -2.31. The number of sulfonamides is 1. The van der Waals surface area contributed by atoms with Crippen LogP contribution in [0.2, 0.25) is 0 Å². The molecule has 0 saturated carbocycles. The zero-order chi connectivity index (χ0) is 14.6. The number of para-hydroxylation sites is 1. The van der Waals surface area contributed by atoms with Crippen molar-refractivity contribution in [2.24, 2.45) is 5.92 Å². The first-order valence-corrected chi connectivity index (χ1v) is 8.62. The monoisotopic (exact) mass is 296 g/mol. The number of hydrogen-bond acceptors (Lipinski definition) is 3. The Balaban J connectivity index is 1.95. The van der Waals surface area contributed by atoms with Gasteiger partial charge >= 0.3 is 0 Å². The van der Waals surface area contributed by atoms with Gasteiger partial charge in [-0.3, -0.25) is 4.79 Å². The van der Waals surface area contributed by atoms with Crippen molar-refractivity contribution in [3.05, 3.63) is 30.3 Å². The predicted octanol–water partition coefficient (Wildman–Crippen LogP) is 1.69. The van der Waals surface area contributed by atoms with Crippen molar-refractivity contribution < 1.29 is 13.2 Å². The Morgan fingerprint density at radius 1 is 1.20 bits per heavy atom. The number of nitrogens with one attached hydrogen (secondary N) is 1. The summed E-state index contributed by atoms with van der Waals surface area (Å²) < 4.78 is 24.5. The van der Waals surface area contributed by atoms with Gasteiger partial charge in [0.15, 0.2) is 0 Å². The van der Waals surface area contributed by atoms with E-state index in [2.05, 4.69) is 5.32 Å². The number of anilines is 1. The summed E-state index contributed by atoms with van der Waals surface area (Å²) in [6, 6.07) is 9.32. The van der Waals surface area contributed by atoms with Gasteiger partial charge in [0.1, 0.15) is 0 Å². The standard InChI is InChI=1S/C14H20N2O3S/c1-20(18,19)16-10-5-6-12(9-11-16)14(17)15-13-7-3-2-4-8-13/h2-4,7-8,12H,5-6,9-11H2,1H3,(H,15,17). The molecule has 110 valence electrons. The van der Waals surface area contributed by atoms with Crippen molar-refractivity contribution >= 4 is 21.6 Å². The Labute approximate surface area is 120 Å². The van der Waals surface area contributed by atoms with Crippen LogP contribution in [0, 0.1) is 5.92 Å². The Hall–Kier alpha value is -1.40. The lowest BCUT2D eigenvalue weighted by atomic mass is 10.00. The summed E-state index contributed by atoms with van der Waals surface area (Å²) in [5, 5.41) is 2.89. The molecule has 1 aromatic carbocycles. The topological polar surface area (TPSA) is 66.5 Å². The minimum atomic E-state index is -3.16. The molecule has 1 aliphatic rings. The molecule has 20 heavy (non-hydrogen) atoms. The molecule has 0 aromatic heterocycles. The molecule has 1 unspecified atom stereocenters. The summed E-state index contributed by atoms with van der Waals surface area (Å²) in [5.41, 5.74) is 0.779. The van der Waals surface area contributed by atoms with E-state index < -0.39 is 10.0 Å². The molecule has 1 aliphatic heterocycles.